The molecule has 0 N–H and O–H groups in total. The van der Waals surface area contributed by atoms with Gasteiger partial charge in [0.25, 0.3) is 5.69 Å². The highest BCUT2D eigenvalue weighted by molar-refractivity contribution is 5.66. The Kier molecular flexibility index (Phi) is 5.83. The molecule has 0 radical (unpaired) electrons. The van der Waals surface area contributed by atoms with Gasteiger partial charge in [0.2, 0.25) is 0 Å². The second-order valence-electron chi connectivity index (χ2n) is 6.17. The molecule has 1 aliphatic rings. The molecule has 0 saturated carbocycles. The van der Waals surface area contributed by atoms with Crippen LogP contribution in [0.15, 0.2) is 60.7 Å². The van der Waals surface area contributed by atoms with Crippen LogP contribution in [0.4, 0.5) is 11.4 Å². The molecule has 140 valence electrons. The van der Waals surface area contributed by atoms with Crippen molar-refractivity contribution >= 4 is 23.4 Å². The van der Waals surface area contributed by atoms with E-state index in [2.05, 4.69) is 0 Å². The summed E-state index contributed by atoms with van der Waals surface area (Å²) in [6.45, 7) is 1.52. The highest BCUT2D eigenvalue weighted by Gasteiger charge is 2.33. The van der Waals surface area contributed by atoms with Gasteiger partial charge in [0.1, 0.15) is 12.7 Å². The Morgan fingerprint density at radius 1 is 1.26 bits per heavy atom. The van der Waals surface area contributed by atoms with E-state index in [0.29, 0.717) is 12.0 Å². The van der Waals surface area contributed by atoms with Crippen LogP contribution in [0.25, 0.3) is 6.08 Å². The molecule has 1 heterocycles. The normalized spacial score (nSPS) is 19.4. The minimum atomic E-state index is -0.400. The van der Waals surface area contributed by atoms with Crippen LogP contribution in [0, 0.1) is 10.1 Å². The van der Waals surface area contributed by atoms with Crippen molar-refractivity contribution in [3.63, 3.8) is 0 Å². The second-order valence-corrected chi connectivity index (χ2v) is 6.17. The molecule has 7 heteroatoms. The van der Waals surface area contributed by atoms with E-state index in [1.54, 1.807) is 29.3 Å². The number of anilines is 1. The van der Waals surface area contributed by atoms with Gasteiger partial charge >= 0.3 is 5.97 Å². The number of nitrogens with zero attached hydrogens (tertiary/aromatic N) is 2. The zero-order valence-electron chi connectivity index (χ0n) is 14.9. The third-order valence-corrected chi connectivity index (χ3v) is 4.18. The topological polar surface area (TPSA) is 81.9 Å². The number of ether oxygens (including phenoxy) is 1. The summed E-state index contributed by atoms with van der Waals surface area (Å²) in [5.74, 6) is -0.358. The molecular formula is C20H20N2O5. The first-order chi connectivity index (χ1) is 13.0. The summed E-state index contributed by atoms with van der Waals surface area (Å²) >= 11 is 0. The molecule has 2 atom stereocenters. The summed E-state index contributed by atoms with van der Waals surface area (Å²) in [5, 5.41) is 12.9. The predicted octanol–water partition coefficient (Wildman–Crippen LogP) is 3.75. The second kappa shape index (κ2) is 8.46. The molecular weight excluding hydrogens is 348 g/mol. The quantitative estimate of drug-likeness (QED) is 0.439. The summed E-state index contributed by atoms with van der Waals surface area (Å²) in [7, 11) is 0. The standard InChI is InChI=1S/C20H20N2O5/c1-15(23)26-14-19-13-18(21(27-19)17-8-3-2-4-9-17)12-11-16-7-5-6-10-20(16)22(24)25/h2-12,18-19H,13-14H2,1H3/b12-11+. The van der Waals surface area contributed by atoms with Gasteiger partial charge in [0.05, 0.1) is 22.2 Å². The highest BCUT2D eigenvalue weighted by Crippen LogP contribution is 2.30. The van der Waals surface area contributed by atoms with Gasteiger partial charge in [-0.25, -0.2) is 5.06 Å². The van der Waals surface area contributed by atoms with Crippen LogP contribution in [0.1, 0.15) is 18.9 Å². The van der Waals surface area contributed by atoms with Gasteiger partial charge in [-0.3, -0.25) is 19.7 Å². The lowest BCUT2D eigenvalue weighted by molar-refractivity contribution is -0.385. The van der Waals surface area contributed by atoms with Gasteiger partial charge < -0.3 is 4.74 Å². The van der Waals surface area contributed by atoms with E-state index in [1.807, 2.05) is 36.4 Å². The number of rotatable bonds is 6. The molecule has 2 unspecified atom stereocenters. The van der Waals surface area contributed by atoms with Crippen LogP contribution < -0.4 is 5.06 Å². The predicted molar refractivity (Wildman–Crippen MR) is 101 cm³/mol. The number of para-hydroxylation sites is 2. The first-order valence-electron chi connectivity index (χ1n) is 8.60. The van der Waals surface area contributed by atoms with Crippen LogP contribution in [-0.4, -0.2) is 29.6 Å². The molecule has 27 heavy (non-hydrogen) atoms. The fourth-order valence-corrected chi connectivity index (χ4v) is 2.95. The summed E-state index contributed by atoms with van der Waals surface area (Å²) < 4.78 is 5.07. The van der Waals surface area contributed by atoms with Crippen molar-refractivity contribution in [2.24, 2.45) is 0 Å². The molecule has 2 aromatic carbocycles. The number of hydrogen-bond donors (Lipinski definition) is 0. The van der Waals surface area contributed by atoms with Crippen LogP contribution in [-0.2, 0) is 14.4 Å². The molecule has 0 bridgehead atoms. The first-order valence-corrected chi connectivity index (χ1v) is 8.60. The summed E-state index contributed by atoms with van der Waals surface area (Å²) in [6.07, 6.45) is 3.92. The van der Waals surface area contributed by atoms with Gasteiger partial charge in [-0.1, -0.05) is 36.4 Å². The van der Waals surface area contributed by atoms with E-state index in [9.17, 15) is 14.9 Å². The Bertz CT molecular complexity index is 837. The smallest absolute Gasteiger partial charge is 0.302 e. The van der Waals surface area contributed by atoms with Gasteiger partial charge in [-0.2, -0.15) is 0 Å². The van der Waals surface area contributed by atoms with Crippen LogP contribution >= 0.6 is 0 Å². The number of nitro benzene ring substituents is 1. The molecule has 0 aliphatic carbocycles. The Hall–Kier alpha value is -3.19. The van der Waals surface area contributed by atoms with Crippen molar-refractivity contribution < 1.29 is 19.3 Å². The van der Waals surface area contributed by atoms with Crippen molar-refractivity contribution in [2.75, 3.05) is 11.7 Å². The monoisotopic (exact) mass is 368 g/mol. The van der Waals surface area contributed by atoms with E-state index >= 15 is 0 Å². The number of hydroxylamine groups is 1. The molecule has 1 fully saturated rings. The van der Waals surface area contributed by atoms with Gasteiger partial charge in [-0.05, 0) is 24.3 Å². The third kappa shape index (κ3) is 4.71. The fourth-order valence-electron chi connectivity index (χ4n) is 2.95. The maximum atomic E-state index is 11.2. The highest BCUT2D eigenvalue weighted by atomic mass is 16.7. The molecule has 7 nitrogen and oxygen atoms in total. The number of benzene rings is 2. The number of carbonyl (C=O) groups is 1. The zero-order chi connectivity index (χ0) is 19.2. The number of hydrogen-bond acceptors (Lipinski definition) is 6. The third-order valence-electron chi connectivity index (χ3n) is 4.18. The lowest BCUT2D eigenvalue weighted by atomic mass is 10.1. The molecule has 3 rings (SSSR count). The van der Waals surface area contributed by atoms with E-state index in [-0.39, 0.29) is 30.4 Å². The minimum Gasteiger partial charge on any atom is -0.463 e. The van der Waals surface area contributed by atoms with Gasteiger partial charge in [0, 0.05) is 19.4 Å². The molecule has 1 aliphatic heterocycles. The number of esters is 1. The van der Waals surface area contributed by atoms with Crippen LogP contribution in [0.2, 0.25) is 0 Å². The first kappa shape index (κ1) is 18.6. The molecule has 1 saturated heterocycles. The fraction of sp³-hybridized carbons (Fsp3) is 0.250. The summed E-state index contributed by atoms with van der Waals surface area (Å²) in [6, 6.07) is 16.0. The summed E-state index contributed by atoms with van der Waals surface area (Å²) in [5.41, 5.74) is 1.44. The Morgan fingerprint density at radius 3 is 2.67 bits per heavy atom. The minimum absolute atomic E-state index is 0.0513. The Balaban J connectivity index is 1.82. The maximum Gasteiger partial charge on any atom is 0.302 e. The SMILES string of the molecule is CC(=O)OCC1CC(/C=C/c2ccccc2[N+](=O)[O-])N(c2ccccc2)O1. The van der Waals surface area contributed by atoms with Gasteiger partial charge in [-0.15, -0.1) is 0 Å². The van der Waals surface area contributed by atoms with Crippen molar-refractivity contribution in [3.8, 4) is 0 Å². The Morgan fingerprint density at radius 2 is 1.96 bits per heavy atom. The van der Waals surface area contributed by atoms with Crippen molar-refractivity contribution in [2.45, 2.75) is 25.5 Å². The van der Waals surface area contributed by atoms with Crippen molar-refractivity contribution in [1.82, 2.24) is 0 Å². The maximum absolute atomic E-state index is 11.2. The lowest BCUT2D eigenvalue weighted by Gasteiger charge is -2.22. The van der Waals surface area contributed by atoms with Crippen LogP contribution in [0.3, 0.4) is 0 Å². The Labute approximate surface area is 156 Å². The number of nitro groups is 1. The number of carbonyl (C=O) groups excluding carboxylic acids is 1. The van der Waals surface area contributed by atoms with Gasteiger partial charge in [0.15, 0.2) is 0 Å². The van der Waals surface area contributed by atoms with E-state index < -0.39 is 4.92 Å². The van der Waals surface area contributed by atoms with Crippen LogP contribution in [0.5, 0.6) is 0 Å². The molecule has 0 amide bonds. The lowest BCUT2D eigenvalue weighted by Crippen LogP contribution is -2.26. The summed E-state index contributed by atoms with van der Waals surface area (Å²) in [4.78, 5) is 27.8. The average Bonchev–Trinajstić information content (AvgIpc) is 3.09. The average molecular weight is 368 g/mol. The molecule has 2 aromatic rings. The van der Waals surface area contributed by atoms with E-state index in [1.165, 1.54) is 13.0 Å². The largest absolute Gasteiger partial charge is 0.463 e. The molecule has 0 aromatic heterocycles. The van der Waals surface area contributed by atoms with E-state index in [4.69, 9.17) is 9.57 Å². The van der Waals surface area contributed by atoms with Crippen molar-refractivity contribution in [3.05, 3.63) is 76.4 Å². The van der Waals surface area contributed by atoms with E-state index in [0.717, 1.165) is 5.69 Å². The van der Waals surface area contributed by atoms with Crippen molar-refractivity contribution in [1.29, 1.82) is 0 Å². The zero-order valence-corrected chi connectivity index (χ0v) is 14.9. The molecule has 0 spiro atoms.